The minimum Gasteiger partial charge on any atom is -0.356 e. The molecule has 1 aliphatic carbocycles. The van der Waals surface area contributed by atoms with Crippen LogP contribution in [-0.4, -0.2) is 25.0 Å². The van der Waals surface area contributed by atoms with Gasteiger partial charge in [0.05, 0.1) is 0 Å². The molecule has 0 aromatic rings. The Hall–Kier alpha value is -0.570. The highest BCUT2D eigenvalue weighted by Crippen LogP contribution is 2.27. The first-order valence-corrected chi connectivity index (χ1v) is 7.74. The van der Waals surface area contributed by atoms with Gasteiger partial charge in [-0.25, -0.2) is 0 Å². The van der Waals surface area contributed by atoms with Crippen molar-refractivity contribution in [2.45, 2.75) is 64.3 Å². The van der Waals surface area contributed by atoms with Crippen LogP contribution in [0.2, 0.25) is 0 Å². The lowest BCUT2D eigenvalue weighted by Crippen LogP contribution is -2.40. The minimum absolute atomic E-state index is 0.244. The molecule has 2 N–H and O–H groups in total. The fourth-order valence-electron chi connectivity index (χ4n) is 3.19. The van der Waals surface area contributed by atoms with Crippen LogP contribution < -0.4 is 10.6 Å². The summed E-state index contributed by atoms with van der Waals surface area (Å²) in [7, 11) is 0. The van der Waals surface area contributed by atoms with E-state index >= 15 is 0 Å². The van der Waals surface area contributed by atoms with E-state index in [1.165, 1.54) is 38.5 Å². The maximum atomic E-state index is 11.9. The Balaban J connectivity index is 1.59. The molecule has 1 heterocycles. The summed E-state index contributed by atoms with van der Waals surface area (Å²) in [6.45, 7) is 4.32. The predicted octanol–water partition coefficient (Wildman–Crippen LogP) is 2.46. The number of carbonyl (C=O) groups excluding carboxylic acids is 1. The molecule has 0 aromatic carbocycles. The summed E-state index contributed by atoms with van der Waals surface area (Å²) < 4.78 is 0. The van der Waals surface area contributed by atoms with Gasteiger partial charge in [-0.2, -0.15) is 0 Å². The largest absolute Gasteiger partial charge is 0.356 e. The molecule has 0 radical (unpaired) electrons. The topological polar surface area (TPSA) is 41.1 Å². The van der Waals surface area contributed by atoms with Gasteiger partial charge in [0.1, 0.15) is 0 Å². The maximum Gasteiger partial charge on any atom is 0.221 e. The highest BCUT2D eigenvalue weighted by Gasteiger charge is 2.20. The molecule has 0 bridgehead atoms. The van der Waals surface area contributed by atoms with Crippen molar-refractivity contribution in [1.29, 1.82) is 0 Å². The SMILES string of the molecule is CC1CCC(CNC(=O)CC2CCCCN2)CC1. The molecule has 3 nitrogen and oxygen atoms in total. The van der Waals surface area contributed by atoms with Gasteiger partial charge in [-0.15, -0.1) is 0 Å². The maximum absolute atomic E-state index is 11.9. The summed E-state index contributed by atoms with van der Waals surface area (Å²) in [6, 6.07) is 0.421. The first-order valence-electron chi connectivity index (χ1n) is 7.74. The fourth-order valence-corrected chi connectivity index (χ4v) is 3.19. The molecule has 2 aliphatic rings. The van der Waals surface area contributed by atoms with Crippen LogP contribution in [0, 0.1) is 11.8 Å². The molecule has 1 saturated carbocycles. The van der Waals surface area contributed by atoms with Crippen LogP contribution in [-0.2, 0) is 4.79 Å². The van der Waals surface area contributed by atoms with Crippen molar-refractivity contribution in [2.24, 2.45) is 11.8 Å². The average molecular weight is 252 g/mol. The number of rotatable bonds is 4. The molecular formula is C15H28N2O. The second-order valence-electron chi connectivity index (χ2n) is 6.28. The summed E-state index contributed by atoms with van der Waals surface area (Å²) in [5.74, 6) is 1.86. The van der Waals surface area contributed by atoms with Crippen molar-refractivity contribution in [3.63, 3.8) is 0 Å². The Morgan fingerprint density at radius 3 is 2.61 bits per heavy atom. The molecule has 1 amide bonds. The Morgan fingerprint density at radius 1 is 1.17 bits per heavy atom. The average Bonchev–Trinajstić information content (AvgIpc) is 2.39. The lowest BCUT2D eigenvalue weighted by atomic mass is 9.83. The zero-order chi connectivity index (χ0) is 12.8. The van der Waals surface area contributed by atoms with E-state index in [0.717, 1.165) is 31.3 Å². The molecule has 2 fully saturated rings. The number of carbonyl (C=O) groups is 1. The smallest absolute Gasteiger partial charge is 0.221 e. The van der Waals surface area contributed by atoms with Crippen molar-refractivity contribution >= 4 is 5.91 Å². The van der Waals surface area contributed by atoms with Crippen LogP contribution in [0.1, 0.15) is 58.3 Å². The van der Waals surface area contributed by atoms with E-state index in [-0.39, 0.29) is 5.91 Å². The molecular weight excluding hydrogens is 224 g/mol. The van der Waals surface area contributed by atoms with E-state index in [0.29, 0.717) is 12.5 Å². The number of hydrogen-bond donors (Lipinski definition) is 2. The van der Waals surface area contributed by atoms with Crippen molar-refractivity contribution in [3.8, 4) is 0 Å². The second-order valence-corrected chi connectivity index (χ2v) is 6.28. The van der Waals surface area contributed by atoms with Crippen LogP contribution in [0.5, 0.6) is 0 Å². The molecule has 0 spiro atoms. The second kappa shape index (κ2) is 7.13. The van der Waals surface area contributed by atoms with Gasteiger partial charge in [-0.1, -0.05) is 26.2 Å². The monoisotopic (exact) mass is 252 g/mol. The Morgan fingerprint density at radius 2 is 1.94 bits per heavy atom. The van der Waals surface area contributed by atoms with Gasteiger partial charge in [0.2, 0.25) is 5.91 Å². The molecule has 104 valence electrons. The third-order valence-electron chi connectivity index (χ3n) is 4.57. The van der Waals surface area contributed by atoms with Gasteiger partial charge >= 0.3 is 0 Å². The summed E-state index contributed by atoms with van der Waals surface area (Å²) in [5, 5.41) is 6.57. The number of nitrogens with one attached hydrogen (secondary N) is 2. The number of amides is 1. The van der Waals surface area contributed by atoms with Crippen molar-refractivity contribution in [1.82, 2.24) is 10.6 Å². The number of piperidine rings is 1. The van der Waals surface area contributed by atoms with Crippen LogP contribution in [0.4, 0.5) is 0 Å². The first-order chi connectivity index (χ1) is 8.74. The van der Waals surface area contributed by atoms with Crippen LogP contribution in [0.3, 0.4) is 0 Å². The molecule has 2 rings (SSSR count). The summed E-state index contributed by atoms with van der Waals surface area (Å²) in [4.78, 5) is 11.9. The van der Waals surface area contributed by atoms with Gasteiger partial charge in [0, 0.05) is 19.0 Å². The Kier molecular flexibility index (Phi) is 5.48. The molecule has 3 heteroatoms. The van der Waals surface area contributed by atoms with Crippen LogP contribution >= 0.6 is 0 Å². The van der Waals surface area contributed by atoms with Crippen LogP contribution in [0.15, 0.2) is 0 Å². The van der Waals surface area contributed by atoms with Gasteiger partial charge in [-0.3, -0.25) is 4.79 Å². The lowest BCUT2D eigenvalue weighted by Gasteiger charge is -2.27. The van der Waals surface area contributed by atoms with Crippen LogP contribution in [0.25, 0.3) is 0 Å². The zero-order valence-corrected chi connectivity index (χ0v) is 11.7. The van der Waals surface area contributed by atoms with Gasteiger partial charge in [-0.05, 0) is 44.1 Å². The minimum atomic E-state index is 0.244. The highest BCUT2D eigenvalue weighted by molar-refractivity contribution is 5.76. The molecule has 18 heavy (non-hydrogen) atoms. The molecule has 1 unspecified atom stereocenters. The first kappa shape index (κ1) is 13.9. The van der Waals surface area contributed by atoms with E-state index in [1.807, 2.05) is 0 Å². The van der Waals surface area contributed by atoms with E-state index in [2.05, 4.69) is 17.6 Å². The van der Waals surface area contributed by atoms with E-state index in [1.54, 1.807) is 0 Å². The third-order valence-corrected chi connectivity index (χ3v) is 4.57. The van der Waals surface area contributed by atoms with Crippen molar-refractivity contribution in [3.05, 3.63) is 0 Å². The van der Waals surface area contributed by atoms with Gasteiger partial charge in [0.15, 0.2) is 0 Å². The molecule has 1 saturated heterocycles. The summed E-state index contributed by atoms with van der Waals surface area (Å²) in [5.41, 5.74) is 0. The predicted molar refractivity (Wildman–Crippen MR) is 74.4 cm³/mol. The normalized spacial score (nSPS) is 33.1. The summed E-state index contributed by atoms with van der Waals surface area (Å²) >= 11 is 0. The molecule has 1 aliphatic heterocycles. The lowest BCUT2D eigenvalue weighted by molar-refractivity contribution is -0.121. The molecule has 1 atom stereocenters. The Bertz CT molecular complexity index is 253. The van der Waals surface area contributed by atoms with Crippen molar-refractivity contribution < 1.29 is 4.79 Å². The van der Waals surface area contributed by atoms with Crippen molar-refractivity contribution in [2.75, 3.05) is 13.1 Å². The summed E-state index contributed by atoms with van der Waals surface area (Å²) in [6.07, 6.45) is 9.63. The van der Waals surface area contributed by atoms with E-state index < -0.39 is 0 Å². The van der Waals surface area contributed by atoms with E-state index in [9.17, 15) is 4.79 Å². The van der Waals surface area contributed by atoms with Gasteiger partial charge in [0.25, 0.3) is 0 Å². The quantitative estimate of drug-likeness (QED) is 0.807. The molecule has 0 aromatic heterocycles. The van der Waals surface area contributed by atoms with Gasteiger partial charge < -0.3 is 10.6 Å². The highest BCUT2D eigenvalue weighted by atomic mass is 16.1. The standard InChI is InChI=1S/C15H28N2O/c1-12-5-7-13(8-6-12)11-17-15(18)10-14-4-2-3-9-16-14/h12-14,16H,2-11H2,1H3,(H,17,18). The third kappa shape index (κ3) is 4.60. The fraction of sp³-hybridized carbons (Fsp3) is 0.933. The Labute approximate surface area is 111 Å². The number of hydrogen-bond acceptors (Lipinski definition) is 2. The van der Waals surface area contributed by atoms with E-state index in [4.69, 9.17) is 0 Å². The zero-order valence-electron chi connectivity index (χ0n) is 11.7.